The van der Waals surface area contributed by atoms with E-state index in [2.05, 4.69) is 5.32 Å². The van der Waals surface area contributed by atoms with E-state index in [9.17, 15) is 9.90 Å². The van der Waals surface area contributed by atoms with Crippen molar-refractivity contribution in [2.24, 2.45) is 0 Å². The van der Waals surface area contributed by atoms with Crippen molar-refractivity contribution in [3.8, 4) is 0 Å². The summed E-state index contributed by atoms with van der Waals surface area (Å²) in [4.78, 5) is 11.1. The number of carbonyl (C=O) groups excluding carboxylic acids is 1. The van der Waals surface area contributed by atoms with Crippen molar-refractivity contribution in [3.05, 3.63) is 48.0 Å². The zero-order valence-corrected chi connectivity index (χ0v) is 10.4. The lowest BCUT2D eigenvalue weighted by Gasteiger charge is -2.12. The third-order valence-electron chi connectivity index (χ3n) is 2.97. The van der Waals surface area contributed by atoms with E-state index in [1.807, 2.05) is 42.5 Å². The van der Waals surface area contributed by atoms with Crippen LogP contribution in [-0.2, 0) is 4.79 Å². The third kappa shape index (κ3) is 2.87. The van der Waals surface area contributed by atoms with Crippen LogP contribution in [0.1, 0.15) is 25.0 Å². The summed E-state index contributed by atoms with van der Waals surface area (Å²) in [5, 5.41) is 14.9. The number of rotatable bonds is 4. The second-order valence-corrected chi connectivity index (χ2v) is 4.28. The average Bonchev–Trinajstić information content (AvgIpc) is 2.43. The van der Waals surface area contributed by atoms with E-state index in [0.29, 0.717) is 6.42 Å². The third-order valence-corrected chi connectivity index (χ3v) is 2.97. The van der Waals surface area contributed by atoms with Crippen LogP contribution in [0.5, 0.6) is 0 Å². The van der Waals surface area contributed by atoms with E-state index in [1.54, 1.807) is 6.92 Å². The second-order valence-electron chi connectivity index (χ2n) is 4.28. The van der Waals surface area contributed by atoms with Crippen molar-refractivity contribution >= 4 is 16.7 Å². The predicted octanol–water partition coefficient (Wildman–Crippen LogP) is 2.40. The minimum absolute atomic E-state index is 0.0464. The first-order valence-corrected chi connectivity index (χ1v) is 6.14. The van der Waals surface area contributed by atoms with Gasteiger partial charge in [0.25, 0.3) is 0 Å². The van der Waals surface area contributed by atoms with Crippen LogP contribution in [0.25, 0.3) is 10.8 Å². The van der Waals surface area contributed by atoms with Crippen molar-refractivity contribution in [2.45, 2.75) is 19.4 Å². The molecule has 94 valence electrons. The molecule has 0 aromatic heterocycles. The average molecular weight is 243 g/mol. The number of benzene rings is 2. The molecule has 0 fully saturated rings. The van der Waals surface area contributed by atoms with Crippen LogP contribution >= 0.6 is 0 Å². The Bertz CT molecular complexity index is 551. The van der Waals surface area contributed by atoms with Crippen molar-refractivity contribution < 1.29 is 9.90 Å². The van der Waals surface area contributed by atoms with Gasteiger partial charge >= 0.3 is 0 Å². The zero-order valence-electron chi connectivity index (χ0n) is 10.4. The van der Waals surface area contributed by atoms with Crippen LogP contribution in [-0.4, -0.2) is 17.6 Å². The molecule has 18 heavy (non-hydrogen) atoms. The molecule has 0 aliphatic carbocycles. The van der Waals surface area contributed by atoms with Gasteiger partial charge in [-0.3, -0.25) is 4.79 Å². The van der Waals surface area contributed by atoms with Gasteiger partial charge in [0.15, 0.2) is 0 Å². The molecule has 1 atom stereocenters. The molecule has 0 radical (unpaired) electrons. The molecule has 0 saturated carbocycles. The molecule has 1 unspecified atom stereocenters. The highest BCUT2D eigenvalue weighted by Crippen LogP contribution is 2.19. The van der Waals surface area contributed by atoms with Gasteiger partial charge in [-0.05, 0) is 22.4 Å². The number of aliphatic hydroxyl groups is 1. The van der Waals surface area contributed by atoms with E-state index in [-0.39, 0.29) is 12.5 Å². The van der Waals surface area contributed by atoms with Gasteiger partial charge in [0.1, 0.15) is 0 Å². The Morgan fingerprint density at radius 2 is 1.94 bits per heavy atom. The molecule has 0 bridgehead atoms. The van der Waals surface area contributed by atoms with Gasteiger partial charge in [-0.15, -0.1) is 0 Å². The van der Waals surface area contributed by atoms with Crippen molar-refractivity contribution in [3.63, 3.8) is 0 Å². The van der Waals surface area contributed by atoms with E-state index in [1.165, 1.54) is 0 Å². The van der Waals surface area contributed by atoms with Gasteiger partial charge < -0.3 is 10.4 Å². The Labute approximate surface area is 106 Å². The quantitative estimate of drug-likeness (QED) is 0.866. The summed E-state index contributed by atoms with van der Waals surface area (Å²) in [6, 6.07) is 13.8. The Hall–Kier alpha value is -1.87. The molecule has 2 rings (SSSR count). The monoisotopic (exact) mass is 243 g/mol. The number of carbonyl (C=O) groups is 1. The van der Waals surface area contributed by atoms with Gasteiger partial charge in [-0.1, -0.05) is 43.3 Å². The van der Waals surface area contributed by atoms with Crippen LogP contribution in [0.3, 0.4) is 0 Å². The molecule has 0 heterocycles. The standard InChI is InChI=1S/C15H17NO2/c1-2-15(18)16-10-14(17)13-8-7-11-5-3-4-6-12(11)9-13/h3-9,14,17H,2,10H2,1H3,(H,16,18). The van der Waals surface area contributed by atoms with Crippen molar-refractivity contribution in [1.82, 2.24) is 5.32 Å². The molecule has 0 saturated heterocycles. The fourth-order valence-corrected chi connectivity index (χ4v) is 1.87. The van der Waals surface area contributed by atoms with E-state index in [4.69, 9.17) is 0 Å². The minimum Gasteiger partial charge on any atom is -0.387 e. The fourth-order valence-electron chi connectivity index (χ4n) is 1.87. The highest BCUT2D eigenvalue weighted by Gasteiger charge is 2.09. The molecular formula is C15H17NO2. The normalized spacial score (nSPS) is 12.3. The number of amides is 1. The van der Waals surface area contributed by atoms with Crippen LogP contribution < -0.4 is 5.32 Å². The maximum absolute atomic E-state index is 11.1. The summed E-state index contributed by atoms with van der Waals surface area (Å²) >= 11 is 0. The largest absolute Gasteiger partial charge is 0.387 e. The van der Waals surface area contributed by atoms with Crippen molar-refractivity contribution in [1.29, 1.82) is 0 Å². The maximum atomic E-state index is 11.1. The molecule has 0 spiro atoms. The summed E-state index contributed by atoms with van der Waals surface area (Å²) in [5.41, 5.74) is 0.824. The summed E-state index contributed by atoms with van der Waals surface area (Å²) in [6.07, 6.45) is -0.227. The lowest BCUT2D eigenvalue weighted by atomic mass is 10.0. The molecular weight excluding hydrogens is 226 g/mol. The van der Waals surface area contributed by atoms with Crippen LogP contribution in [0, 0.1) is 0 Å². The second kappa shape index (κ2) is 5.65. The molecule has 1 amide bonds. The molecule has 2 N–H and O–H groups in total. The molecule has 0 aliphatic rings. The first-order valence-electron chi connectivity index (χ1n) is 6.14. The summed E-state index contributed by atoms with van der Waals surface area (Å²) in [7, 11) is 0. The highest BCUT2D eigenvalue weighted by atomic mass is 16.3. The smallest absolute Gasteiger partial charge is 0.219 e. The minimum atomic E-state index is -0.662. The Balaban J connectivity index is 2.12. The summed E-state index contributed by atoms with van der Waals surface area (Å²) in [5.74, 6) is -0.0464. The van der Waals surface area contributed by atoms with Gasteiger partial charge in [-0.25, -0.2) is 0 Å². The number of aliphatic hydroxyl groups excluding tert-OH is 1. The lowest BCUT2D eigenvalue weighted by Crippen LogP contribution is -2.27. The molecule has 3 heteroatoms. The van der Waals surface area contributed by atoms with E-state index >= 15 is 0 Å². The Morgan fingerprint density at radius 1 is 1.22 bits per heavy atom. The number of fused-ring (bicyclic) bond motifs is 1. The van der Waals surface area contributed by atoms with E-state index in [0.717, 1.165) is 16.3 Å². The summed E-state index contributed by atoms with van der Waals surface area (Å²) < 4.78 is 0. The van der Waals surface area contributed by atoms with Gasteiger partial charge in [-0.2, -0.15) is 0 Å². The maximum Gasteiger partial charge on any atom is 0.219 e. The SMILES string of the molecule is CCC(=O)NCC(O)c1ccc2ccccc2c1. The van der Waals surface area contributed by atoms with Crippen LogP contribution in [0.15, 0.2) is 42.5 Å². The van der Waals surface area contributed by atoms with Crippen molar-refractivity contribution in [2.75, 3.05) is 6.54 Å². The summed E-state index contributed by atoms with van der Waals surface area (Å²) in [6.45, 7) is 2.04. The molecule has 2 aromatic carbocycles. The fraction of sp³-hybridized carbons (Fsp3) is 0.267. The predicted molar refractivity (Wildman–Crippen MR) is 72.2 cm³/mol. The van der Waals surface area contributed by atoms with E-state index < -0.39 is 6.10 Å². The molecule has 3 nitrogen and oxygen atoms in total. The zero-order chi connectivity index (χ0) is 13.0. The molecule has 2 aromatic rings. The van der Waals surface area contributed by atoms with Gasteiger partial charge in [0, 0.05) is 13.0 Å². The van der Waals surface area contributed by atoms with Gasteiger partial charge in [0.2, 0.25) is 5.91 Å². The first-order chi connectivity index (χ1) is 8.70. The first kappa shape index (κ1) is 12.6. The lowest BCUT2D eigenvalue weighted by molar-refractivity contribution is -0.121. The Morgan fingerprint density at radius 3 is 2.67 bits per heavy atom. The van der Waals surface area contributed by atoms with Crippen LogP contribution in [0.4, 0.5) is 0 Å². The highest BCUT2D eigenvalue weighted by molar-refractivity contribution is 5.83. The number of hydrogen-bond donors (Lipinski definition) is 2. The number of nitrogens with one attached hydrogen (secondary N) is 1. The van der Waals surface area contributed by atoms with Crippen LogP contribution in [0.2, 0.25) is 0 Å². The Kier molecular flexibility index (Phi) is 3.95. The topological polar surface area (TPSA) is 49.3 Å². The van der Waals surface area contributed by atoms with Gasteiger partial charge in [0.05, 0.1) is 6.10 Å². The molecule has 0 aliphatic heterocycles. The number of hydrogen-bond acceptors (Lipinski definition) is 2.